The van der Waals surface area contributed by atoms with Crippen molar-refractivity contribution < 1.29 is 17.9 Å². The number of rotatable bonds is 9. The third-order valence-electron chi connectivity index (χ3n) is 4.25. The van der Waals surface area contributed by atoms with E-state index >= 15 is 0 Å². The molecule has 0 spiro atoms. The van der Waals surface area contributed by atoms with E-state index < -0.39 is 9.84 Å². The number of hydrogen-bond acceptors (Lipinski definition) is 7. The Balaban J connectivity index is 1.56. The van der Waals surface area contributed by atoms with Crippen LogP contribution in [0.15, 0.2) is 116 Å². The molecule has 0 atom stereocenters. The van der Waals surface area contributed by atoms with E-state index in [4.69, 9.17) is 4.74 Å². The van der Waals surface area contributed by atoms with Crippen LogP contribution in [-0.4, -0.2) is 26.7 Å². The molecule has 0 unspecified atom stereocenters. The summed E-state index contributed by atoms with van der Waals surface area (Å²) < 4.78 is 30.3. The van der Waals surface area contributed by atoms with E-state index in [-0.39, 0.29) is 15.8 Å². The summed E-state index contributed by atoms with van der Waals surface area (Å²) in [5.41, 5.74) is 1.61. The zero-order chi connectivity index (χ0) is 23.0. The molecule has 0 aliphatic heterocycles. The Bertz CT molecular complexity index is 1210. The Morgan fingerprint density at radius 3 is 1.97 bits per heavy atom. The predicted octanol–water partition coefficient (Wildman–Crippen LogP) is 6.15. The molecule has 8 heteroatoms. The lowest BCUT2D eigenvalue weighted by molar-refractivity contribution is -0.138. The molecule has 0 bridgehead atoms. The molecule has 0 aliphatic rings. The molecule has 0 saturated carbocycles. The first kappa shape index (κ1) is 23.4. The average Bonchev–Trinajstić information content (AvgIpc) is 2.82. The van der Waals surface area contributed by atoms with Gasteiger partial charge in [0.25, 0.3) is 0 Å². The lowest BCUT2D eigenvalue weighted by Crippen LogP contribution is -2.07. The van der Waals surface area contributed by atoms with E-state index in [9.17, 15) is 13.2 Å². The normalized spacial score (nSPS) is 11.4. The highest BCUT2D eigenvalue weighted by Crippen LogP contribution is 2.26. The number of esters is 1. The first-order valence-electron chi connectivity index (χ1n) is 9.74. The topological polar surface area (TPSA) is 85.2 Å². The number of ether oxygens (including phenoxy) is 1. The standard InChI is InChI=1S/C24H22N2O4S2/c1-18(2)24(27)30-16-17-31-21-12-8-19(9-13-21)25-26-20-10-14-23(15-11-20)32(28,29)22-6-4-3-5-7-22/h3-15H,1,16-17H2,2H3/b26-25+. The van der Waals surface area contributed by atoms with Crippen LogP contribution in [0.4, 0.5) is 11.4 Å². The molecule has 0 fully saturated rings. The zero-order valence-electron chi connectivity index (χ0n) is 17.5. The fraction of sp³-hybridized carbons (Fsp3) is 0.125. The maximum absolute atomic E-state index is 12.6. The predicted molar refractivity (Wildman–Crippen MR) is 125 cm³/mol. The molecule has 6 nitrogen and oxygen atoms in total. The van der Waals surface area contributed by atoms with Crippen LogP contribution in [0.3, 0.4) is 0 Å². The quantitative estimate of drug-likeness (QED) is 0.124. The van der Waals surface area contributed by atoms with Gasteiger partial charge in [-0.2, -0.15) is 10.2 Å². The van der Waals surface area contributed by atoms with Gasteiger partial charge >= 0.3 is 5.97 Å². The third-order valence-corrected chi connectivity index (χ3v) is 7.01. The molecule has 0 aliphatic carbocycles. The van der Waals surface area contributed by atoms with Crippen LogP contribution in [0.5, 0.6) is 0 Å². The van der Waals surface area contributed by atoms with Crippen molar-refractivity contribution in [3.05, 3.63) is 91.0 Å². The molecule has 3 aromatic carbocycles. The van der Waals surface area contributed by atoms with Crippen molar-refractivity contribution in [2.24, 2.45) is 10.2 Å². The number of hydrogen-bond donors (Lipinski definition) is 0. The van der Waals surface area contributed by atoms with Gasteiger partial charge in [-0.05, 0) is 67.6 Å². The van der Waals surface area contributed by atoms with Crippen molar-refractivity contribution in [3.63, 3.8) is 0 Å². The fourth-order valence-electron chi connectivity index (χ4n) is 2.57. The van der Waals surface area contributed by atoms with Crippen LogP contribution in [0.1, 0.15) is 6.92 Å². The van der Waals surface area contributed by atoms with E-state index in [0.29, 0.717) is 29.3 Å². The van der Waals surface area contributed by atoms with E-state index in [1.54, 1.807) is 61.2 Å². The van der Waals surface area contributed by atoms with Crippen molar-refractivity contribution >= 4 is 38.9 Å². The fourth-order valence-corrected chi connectivity index (χ4v) is 4.58. The van der Waals surface area contributed by atoms with Crippen LogP contribution >= 0.6 is 11.8 Å². The van der Waals surface area contributed by atoms with E-state index in [1.807, 2.05) is 24.3 Å². The van der Waals surface area contributed by atoms with Crippen molar-refractivity contribution in [3.8, 4) is 0 Å². The lowest BCUT2D eigenvalue weighted by atomic mass is 10.3. The summed E-state index contributed by atoms with van der Waals surface area (Å²) in [6.07, 6.45) is 0. The summed E-state index contributed by atoms with van der Waals surface area (Å²) in [6.45, 7) is 5.47. The summed E-state index contributed by atoms with van der Waals surface area (Å²) in [5, 5.41) is 8.36. The van der Waals surface area contributed by atoms with Gasteiger partial charge in [0.2, 0.25) is 9.84 Å². The minimum atomic E-state index is -3.55. The second kappa shape index (κ2) is 10.9. The van der Waals surface area contributed by atoms with Gasteiger partial charge in [-0.3, -0.25) is 0 Å². The van der Waals surface area contributed by atoms with Crippen molar-refractivity contribution in [1.29, 1.82) is 0 Å². The number of carbonyl (C=O) groups excluding carboxylic acids is 1. The second-order valence-corrected chi connectivity index (χ2v) is 9.89. The second-order valence-electron chi connectivity index (χ2n) is 6.77. The summed E-state index contributed by atoms with van der Waals surface area (Å²) in [5.74, 6) is 0.255. The van der Waals surface area contributed by atoms with Gasteiger partial charge in [0, 0.05) is 16.2 Å². The van der Waals surface area contributed by atoms with E-state index in [0.717, 1.165) is 4.90 Å². The van der Waals surface area contributed by atoms with Gasteiger partial charge in [0.1, 0.15) is 6.61 Å². The summed E-state index contributed by atoms with van der Waals surface area (Å²) in [4.78, 5) is 12.8. The molecule has 0 heterocycles. The summed E-state index contributed by atoms with van der Waals surface area (Å²) in [6, 6.07) is 22.1. The zero-order valence-corrected chi connectivity index (χ0v) is 19.1. The minimum absolute atomic E-state index is 0.206. The molecule has 3 aromatic rings. The molecular weight excluding hydrogens is 444 g/mol. The summed E-state index contributed by atoms with van der Waals surface area (Å²) >= 11 is 1.56. The first-order valence-corrected chi connectivity index (χ1v) is 12.2. The molecule has 0 N–H and O–H groups in total. The number of carbonyl (C=O) groups is 1. The molecule has 0 amide bonds. The molecule has 0 saturated heterocycles. The van der Waals surface area contributed by atoms with Gasteiger partial charge in [0.15, 0.2) is 0 Å². The Morgan fingerprint density at radius 1 is 0.875 bits per heavy atom. The average molecular weight is 467 g/mol. The number of thioether (sulfide) groups is 1. The molecule has 0 aromatic heterocycles. The Kier molecular flexibility index (Phi) is 7.97. The van der Waals surface area contributed by atoms with Crippen molar-refractivity contribution in [2.45, 2.75) is 21.6 Å². The first-order chi connectivity index (χ1) is 15.4. The number of sulfone groups is 1. The van der Waals surface area contributed by atoms with E-state index in [2.05, 4.69) is 16.8 Å². The highest BCUT2D eigenvalue weighted by molar-refractivity contribution is 7.99. The molecule has 0 radical (unpaired) electrons. The van der Waals surface area contributed by atoms with Crippen LogP contribution < -0.4 is 0 Å². The molecule has 32 heavy (non-hydrogen) atoms. The highest BCUT2D eigenvalue weighted by Gasteiger charge is 2.16. The highest BCUT2D eigenvalue weighted by atomic mass is 32.2. The maximum Gasteiger partial charge on any atom is 0.333 e. The minimum Gasteiger partial charge on any atom is -0.461 e. The number of benzene rings is 3. The Labute approximate surface area is 192 Å². The van der Waals surface area contributed by atoms with E-state index in [1.165, 1.54) is 12.1 Å². The van der Waals surface area contributed by atoms with Gasteiger partial charge < -0.3 is 4.74 Å². The summed E-state index contributed by atoms with van der Waals surface area (Å²) in [7, 11) is -3.55. The SMILES string of the molecule is C=C(C)C(=O)OCCSc1ccc(/N=N/c2ccc(S(=O)(=O)c3ccccc3)cc2)cc1. The number of nitrogens with zero attached hydrogens (tertiary/aromatic N) is 2. The van der Waals surface area contributed by atoms with Gasteiger partial charge in [0.05, 0.1) is 21.2 Å². The van der Waals surface area contributed by atoms with Gasteiger partial charge in [-0.1, -0.05) is 24.8 Å². The molecule has 3 rings (SSSR count). The Morgan fingerprint density at radius 2 is 1.41 bits per heavy atom. The molecular formula is C24H22N2O4S2. The van der Waals surface area contributed by atoms with Crippen LogP contribution in [0.25, 0.3) is 0 Å². The Hall–Kier alpha value is -3.23. The number of azo groups is 1. The third kappa shape index (κ3) is 6.38. The van der Waals surface area contributed by atoms with Crippen molar-refractivity contribution in [1.82, 2.24) is 0 Å². The monoisotopic (exact) mass is 466 g/mol. The lowest BCUT2D eigenvalue weighted by Gasteiger charge is -2.05. The van der Waals surface area contributed by atoms with Gasteiger partial charge in [-0.25, -0.2) is 13.2 Å². The van der Waals surface area contributed by atoms with Crippen LogP contribution in [-0.2, 0) is 19.4 Å². The van der Waals surface area contributed by atoms with Crippen LogP contribution in [0.2, 0.25) is 0 Å². The maximum atomic E-state index is 12.6. The van der Waals surface area contributed by atoms with Gasteiger partial charge in [-0.15, -0.1) is 11.8 Å². The molecule has 164 valence electrons. The van der Waals surface area contributed by atoms with Crippen molar-refractivity contribution in [2.75, 3.05) is 12.4 Å². The largest absolute Gasteiger partial charge is 0.461 e. The smallest absolute Gasteiger partial charge is 0.333 e. The van der Waals surface area contributed by atoms with Crippen LogP contribution in [0, 0.1) is 0 Å².